The summed E-state index contributed by atoms with van der Waals surface area (Å²) in [5.41, 5.74) is 0. The number of rotatable bonds is 5. The van der Waals surface area contributed by atoms with Crippen molar-refractivity contribution in [2.75, 3.05) is 6.54 Å². The second-order valence-electron chi connectivity index (χ2n) is 4.50. The molecule has 2 rings (SSSR count). The monoisotopic (exact) mass is 273 g/mol. The van der Waals surface area contributed by atoms with Crippen LogP contribution in [0.4, 0.5) is 4.79 Å². The first-order valence-corrected chi connectivity index (χ1v) is 7.56. The van der Waals surface area contributed by atoms with Gasteiger partial charge in [0.25, 0.3) is 5.24 Å². The number of carbonyl (C=O) groups is 1. The molecule has 0 aliphatic rings. The first-order chi connectivity index (χ1) is 9.31. The van der Waals surface area contributed by atoms with Gasteiger partial charge in [-0.3, -0.25) is 4.79 Å². The Balaban J connectivity index is 1.99. The molecule has 0 bridgehead atoms. The van der Waals surface area contributed by atoms with Gasteiger partial charge in [0.1, 0.15) is 0 Å². The third-order valence-corrected chi connectivity index (χ3v) is 3.91. The van der Waals surface area contributed by atoms with E-state index in [9.17, 15) is 4.79 Å². The van der Waals surface area contributed by atoms with Crippen molar-refractivity contribution in [1.82, 2.24) is 5.32 Å². The van der Waals surface area contributed by atoms with Crippen LogP contribution in [-0.2, 0) is 0 Å². The molecular weight excluding hydrogens is 254 g/mol. The van der Waals surface area contributed by atoms with E-state index in [0.29, 0.717) is 0 Å². The largest absolute Gasteiger partial charge is 0.347 e. The van der Waals surface area contributed by atoms with Crippen molar-refractivity contribution in [2.45, 2.75) is 31.1 Å². The highest BCUT2D eigenvalue weighted by Crippen LogP contribution is 2.27. The van der Waals surface area contributed by atoms with Gasteiger partial charge in [-0.25, -0.2) is 0 Å². The topological polar surface area (TPSA) is 29.1 Å². The lowest BCUT2D eigenvalue weighted by atomic mass is 10.1. The summed E-state index contributed by atoms with van der Waals surface area (Å²) in [5.74, 6) is 0. The number of carbonyl (C=O) groups excluding carboxylic acids is 1. The van der Waals surface area contributed by atoms with Gasteiger partial charge in [0.05, 0.1) is 0 Å². The highest BCUT2D eigenvalue weighted by Gasteiger charge is 2.06. The van der Waals surface area contributed by atoms with Crippen molar-refractivity contribution in [1.29, 1.82) is 0 Å². The maximum Gasteiger partial charge on any atom is 0.283 e. The summed E-state index contributed by atoms with van der Waals surface area (Å²) in [6, 6.07) is 14.2. The standard InChI is InChI=1S/C16H19NOS/c1-2-3-6-12-17-16(18)19-15-11-7-9-13-8-4-5-10-14(13)15/h4-5,7-11H,2-3,6,12H2,1H3,(H,17,18). The smallest absolute Gasteiger partial charge is 0.283 e. The van der Waals surface area contributed by atoms with E-state index in [1.807, 2.05) is 24.3 Å². The number of benzene rings is 2. The Morgan fingerprint density at radius 3 is 2.74 bits per heavy atom. The number of hydrogen-bond acceptors (Lipinski definition) is 2. The van der Waals surface area contributed by atoms with Crippen LogP contribution in [0.5, 0.6) is 0 Å². The molecule has 0 saturated carbocycles. The highest BCUT2D eigenvalue weighted by molar-refractivity contribution is 8.13. The van der Waals surface area contributed by atoms with Gasteiger partial charge < -0.3 is 5.32 Å². The van der Waals surface area contributed by atoms with Crippen molar-refractivity contribution in [3.8, 4) is 0 Å². The number of nitrogens with one attached hydrogen (secondary N) is 1. The molecule has 0 fully saturated rings. The maximum absolute atomic E-state index is 11.9. The molecule has 100 valence electrons. The fraction of sp³-hybridized carbons (Fsp3) is 0.312. The van der Waals surface area contributed by atoms with Crippen LogP contribution in [0.1, 0.15) is 26.2 Å². The van der Waals surface area contributed by atoms with Gasteiger partial charge in [-0.05, 0) is 35.0 Å². The first kappa shape index (κ1) is 13.9. The van der Waals surface area contributed by atoms with E-state index in [4.69, 9.17) is 0 Å². The van der Waals surface area contributed by atoms with E-state index < -0.39 is 0 Å². The minimum atomic E-state index is 0.0347. The SMILES string of the molecule is CCCCCNC(=O)Sc1cccc2ccccc12. The van der Waals surface area contributed by atoms with E-state index >= 15 is 0 Å². The fourth-order valence-electron chi connectivity index (χ4n) is 1.99. The Labute approximate surface area is 118 Å². The summed E-state index contributed by atoms with van der Waals surface area (Å²) in [5, 5.41) is 5.30. The number of fused-ring (bicyclic) bond motifs is 1. The zero-order valence-electron chi connectivity index (χ0n) is 11.2. The summed E-state index contributed by atoms with van der Waals surface area (Å²) in [6.07, 6.45) is 3.39. The molecule has 19 heavy (non-hydrogen) atoms. The second kappa shape index (κ2) is 7.19. The van der Waals surface area contributed by atoms with E-state index in [1.165, 1.54) is 30.0 Å². The van der Waals surface area contributed by atoms with Crippen LogP contribution in [0.15, 0.2) is 47.4 Å². The van der Waals surface area contributed by atoms with Crippen LogP contribution in [0.2, 0.25) is 0 Å². The third kappa shape index (κ3) is 4.00. The molecular formula is C16H19NOS. The molecule has 0 aromatic heterocycles. The molecule has 0 unspecified atom stereocenters. The van der Waals surface area contributed by atoms with Gasteiger partial charge in [-0.2, -0.15) is 0 Å². The molecule has 2 aromatic rings. The van der Waals surface area contributed by atoms with Crippen molar-refractivity contribution >= 4 is 27.8 Å². The highest BCUT2D eigenvalue weighted by atomic mass is 32.2. The first-order valence-electron chi connectivity index (χ1n) is 6.74. The number of thioether (sulfide) groups is 1. The predicted octanol–water partition coefficient (Wildman–Crippen LogP) is 4.83. The van der Waals surface area contributed by atoms with Gasteiger partial charge in [-0.1, -0.05) is 56.2 Å². The lowest BCUT2D eigenvalue weighted by Crippen LogP contribution is -2.19. The van der Waals surface area contributed by atoms with Crippen molar-refractivity contribution in [3.05, 3.63) is 42.5 Å². The molecule has 0 heterocycles. The lowest BCUT2D eigenvalue weighted by molar-refractivity contribution is 0.260. The minimum absolute atomic E-state index is 0.0347. The number of amides is 1. The average molecular weight is 273 g/mol. The van der Waals surface area contributed by atoms with Crippen LogP contribution in [0.3, 0.4) is 0 Å². The summed E-state index contributed by atoms with van der Waals surface area (Å²) in [7, 11) is 0. The summed E-state index contributed by atoms with van der Waals surface area (Å²) < 4.78 is 0. The molecule has 0 saturated heterocycles. The summed E-state index contributed by atoms with van der Waals surface area (Å²) >= 11 is 1.28. The van der Waals surface area contributed by atoms with E-state index in [-0.39, 0.29) is 5.24 Å². The Morgan fingerprint density at radius 2 is 1.89 bits per heavy atom. The van der Waals surface area contributed by atoms with E-state index in [2.05, 4.69) is 30.4 Å². The van der Waals surface area contributed by atoms with Crippen LogP contribution in [-0.4, -0.2) is 11.8 Å². The van der Waals surface area contributed by atoms with E-state index in [1.54, 1.807) is 0 Å². The molecule has 0 aliphatic carbocycles. The van der Waals surface area contributed by atoms with Crippen molar-refractivity contribution < 1.29 is 4.79 Å². The number of unbranched alkanes of at least 4 members (excludes halogenated alkanes) is 2. The molecule has 0 aliphatic heterocycles. The third-order valence-electron chi connectivity index (χ3n) is 3.00. The molecule has 3 heteroatoms. The Kier molecular flexibility index (Phi) is 5.28. The van der Waals surface area contributed by atoms with E-state index in [0.717, 1.165) is 23.2 Å². The zero-order chi connectivity index (χ0) is 13.5. The van der Waals surface area contributed by atoms with Crippen molar-refractivity contribution in [3.63, 3.8) is 0 Å². The summed E-state index contributed by atoms with van der Waals surface area (Å²) in [6.45, 7) is 2.93. The molecule has 2 nitrogen and oxygen atoms in total. The molecule has 0 spiro atoms. The Hall–Kier alpha value is -1.48. The molecule has 1 amide bonds. The fourth-order valence-corrected chi connectivity index (χ4v) is 2.80. The van der Waals surface area contributed by atoms with Gasteiger partial charge in [0.2, 0.25) is 0 Å². The van der Waals surface area contributed by atoms with Crippen LogP contribution < -0.4 is 5.32 Å². The number of hydrogen-bond donors (Lipinski definition) is 1. The van der Waals surface area contributed by atoms with Crippen LogP contribution >= 0.6 is 11.8 Å². The Morgan fingerprint density at radius 1 is 1.11 bits per heavy atom. The van der Waals surface area contributed by atoms with Crippen LogP contribution in [0.25, 0.3) is 10.8 Å². The molecule has 2 aromatic carbocycles. The van der Waals surface area contributed by atoms with Gasteiger partial charge >= 0.3 is 0 Å². The second-order valence-corrected chi connectivity index (χ2v) is 5.52. The predicted molar refractivity (Wildman–Crippen MR) is 82.7 cm³/mol. The zero-order valence-corrected chi connectivity index (χ0v) is 12.0. The van der Waals surface area contributed by atoms with Gasteiger partial charge in [-0.15, -0.1) is 0 Å². The average Bonchev–Trinajstić information content (AvgIpc) is 2.44. The quantitative estimate of drug-likeness (QED) is 0.624. The molecule has 1 N–H and O–H groups in total. The van der Waals surface area contributed by atoms with Crippen LogP contribution in [0, 0.1) is 0 Å². The Bertz CT molecular complexity index is 548. The molecule has 0 radical (unpaired) electrons. The summed E-state index contributed by atoms with van der Waals surface area (Å²) in [4.78, 5) is 12.9. The van der Waals surface area contributed by atoms with Gasteiger partial charge in [0, 0.05) is 11.4 Å². The van der Waals surface area contributed by atoms with Gasteiger partial charge in [0.15, 0.2) is 0 Å². The normalized spacial score (nSPS) is 10.6. The van der Waals surface area contributed by atoms with Crippen molar-refractivity contribution in [2.24, 2.45) is 0 Å². The molecule has 0 atom stereocenters. The lowest BCUT2D eigenvalue weighted by Gasteiger charge is -2.06. The minimum Gasteiger partial charge on any atom is -0.347 e. The maximum atomic E-state index is 11.9.